The number of aliphatic carboxylic acids is 1. The van der Waals surface area contributed by atoms with Gasteiger partial charge in [-0.15, -0.1) is 0 Å². The summed E-state index contributed by atoms with van der Waals surface area (Å²) < 4.78 is 5.55. The first-order valence-corrected chi connectivity index (χ1v) is 8.36. The molecule has 132 valence electrons. The van der Waals surface area contributed by atoms with Gasteiger partial charge in [-0.25, -0.2) is 4.79 Å². The lowest BCUT2D eigenvalue weighted by atomic mass is 10.0. The molecule has 1 aliphatic heterocycles. The summed E-state index contributed by atoms with van der Waals surface area (Å²) in [6.07, 6.45) is -0.224. The Hall–Kier alpha value is -1.92. The fraction of sp³-hybridized carbons (Fsp3) is 0.556. The van der Waals surface area contributed by atoms with Gasteiger partial charge in [0, 0.05) is 19.6 Å². The van der Waals surface area contributed by atoms with Gasteiger partial charge in [-0.05, 0) is 17.9 Å². The van der Waals surface area contributed by atoms with Gasteiger partial charge in [0.25, 0.3) is 5.91 Å². The number of amides is 1. The highest BCUT2D eigenvalue weighted by atomic mass is 16.5. The van der Waals surface area contributed by atoms with Crippen molar-refractivity contribution in [3.05, 3.63) is 35.9 Å². The molecule has 1 saturated heterocycles. The molecule has 0 unspecified atom stereocenters. The average molecular weight is 334 g/mol. The maximum atomic E-state index is 12.4. The zero-order valence-electron chi connectivity index (χ0n) is 14.3. The molecular formula is C18H26N2O4. The van der Waals surface area contributed by atoms with Gasteiger partial charge in [0.2, 0.25) is 0 Å². The maximum Gasteiger partial charge on any atom is 0.326 e. The highest BCUT2D eigenvalue weighted by Crippen LogP contribution is 2.12. The van der Waals surface area contributed by atoms with Crippen LogP contribution in [0.1, 0.15) is 25.8 Å². The fourth-order valence-electron chi connectivity index (χ4n) is 2.80. The minimum Gasteiger partial charge on any atom is -0.480 e. The van der Waals surface area contributed by atoms with E-state index in [9.17, 15) is 14.7 Å². The normalized spacial score (nSPS) is 19.9. The number of carboxylic acid groups (broad SMARTS) is 1. The van der Waals surface area contributed by atoms with Crippen LogP contribution >= 0.6 is 0 Å². The molecule has 0 radical (unpaired) electrons. The van der Waals surface area contributed by atoms with Crippen LogP contribution in [-0.2, 0) is 20.9 Å². The van der Waals surface area contributed by atoms with Gasteiger partial charge in [0.1, 0.15) is 12.1 Å². The Bertz CT molecular complexity index is 547. The van der Waals surface area contributed by atoms with Gasteiger partial charge in [-0.2, -0.15) is 0 Å². The molecule has 2 atom stereocenters. The Morgan fingerprint density at radius 3 is 2.67 bits per heavy atom. The third kappa shape index (κ3) is 5.62. The quantitative estimate of drug-likeness (QED) is 0.790. The second-order valence-electron chi connectivity index (χ2n) is 6.61. The van der Waals surface area contributed by atoms with Crippen molar-refractivity contribution in [2.24, 2.45) is 5.92 Å². The molecule has 1 heterocycles. The van der Waals surface area contributed by atoms with Crippen molar-refractivity contribution in [1.82, 2.24) is 10.2 Å². The number of nitrogens with zero attached hydrogens (tertiary/aromatic N) is 1. The summed E-state index contributed by atoms with van der Waals surface area (Å²) in [5, 5.41) is 11.9. The topological polar surface area (TPSA) is 78.9 Å². The summed E-state index contributed by atoms with van der Waals surface area (Å²) in [4.78, 5) is 25.8. The molecule has 1 fully saturated rings. The number of benzene rings is 1. The molecule has 0 aliphatic carbocycles. The third-order valence-corrected chi connectivity index (χ3v) is 4.01. The molecular weight excluding hydrogens is 308 g/mol. The van der Waals surface area contributed by atoms with Crippen molar-refractivity contribution in [3.63, 3.8) is 0 Å². The number of hydrogen-bond acceptors (Lipinski definition) is 4. The molecule has 2 N–H and O–H groups in total. The number of carboxylic acids is 1. The number of rotatable bonds is 7. The summed E-state index contributed by atoms with van der Waals surface area (Å²) in [5.74, 6) is -1.16. The molecule has 1 aromatic rings. The van der Waals surface area contributed by atoms with Crippen LogP contribution in [0, 0.1) is 5.92 Å². The maximum absolute atomic E-state index is 12.4. The van der Waals surface area contributed by atoms with Gasteiger partial charge in [0.05, 0.1) is 6.61 Å². The first-order chi connectivity index (χ1) is 11.5. The van der Waals surface area contributed by atoms with E-state index in [1.165, 1.54) is 5.56 Å². The van der Waals surface area contributed by atoms with E-state index in [0.29, 0.717) is 19.6 Å². The lowest BCUT2D eigenvalue weighted by Crippen LogP contribution is -2.53. The number of hydrogen-bond donors (Lipinski definition) is 2. The minimum absolute atomic E-state index is 0.188. The van der Waals surface area contributed by atoms with Crippen LogP contribution in [0.25, 0.3) is 0 Å². The number of ether oxygens (including phenoxy) is 1. The zero-order valence-corrected chi connectivity index (χ0v) is 14.3. The van der Waals surface area contributed by atoms with Gasteiger partial charge < -0.3 is 15.2 Å². The van der Waals surface area contributed by atoms with Crippen LogP contribution < -0.4 is 5.32 Å². The predicted molar refractivity (Wildman–Crippen MR) is 90.5 cm³/mol. The highest BCUT2D eigenvalue weighted by molar-refractivity contribution is 5.86. The molecule has 0 spiro atoms. The molecule has 0 aromatic heterocycles. The molecule has 6 heteroatoms. The van der Waals surface area contributed by atoms with Crippen LogP contribution in [-0.4, -0.2) is 53.7 Å². The van der Waals surface area contributed by atoms with Crippen molar-refractivity contribution in [3.8, 4) is 0 Å². The van der Waals surface area contributed by atoms with Crippen LogP contribution in [0.15, 0.2) is 30.3 Å². The summed E-state index contributed by atoms with van der Waals surface area (Å²) in [5.41, 5.74) is 1.18. The minimum atomic E-state index is -1.01. The van der Waals surface area contributed by atoms with E-state index in [2.05, 4.69) is 10.2 Å². The van der Waals surface area contributed by atoms with E-state index in [1.807, 2.05) is 44.2 Å². The van der Waals surface area contributed by atoms with Crippen molar-refractivity contribution >= 4 is 11.9 Å². The largest absolute Gasteiger partial charge is 0.480 e. The van der Waals surface area contributed by atoms with E-state index in [1.54, 1.807) is 0 Å². The van der Waals surface area contributed by atoms with Crippen molar-refractivity contribution in [2.45, 2.75) is 39.0 Å². The standard InChI is InChI=1S/C18H26N2O4/c1-13(2)10-15(18(22)23)19-17(21)16-12-20(8-9-24-16)11-14-6-4-3-5-7-14/h3-7,13,15-16H,8-12H2,1-2H3,(H,19,21)(H,22,23)/t15-,16+/m0/s1. The molecule has 1 aromatic carbocycles. The molecule has 24 heavy (non-hydrogen) atoms. The Morgan fingerprint density at radius 1 is 1.33 bits per heavy atom. The molecule has 6 nitrogen and oxygen atoms in total. The van der Waals surface area contributed by atoms with Crippen LogP contribution in [0.4, 0.5) is 0 Å². The van der Waals surface area contributed by atoms with E-state index >= 15 is 0 Å². The Kier molecular flexibility index (Phi) is 6.75. The van der Waals surface area contributed by atoms with Crippen LogP contribution in [0.5, 0.6) is 0 Å². The van der Waals surface area contributed by atoms with E-state index < -0.39 is 18.1 Å². The van der Waals surface area contributed by atoms with Gasteiger partial charge >= 0.3 is 5.97 Å². The zero-order chi connectivity index (χ0) is 17.5. The molecule has 1 amide bonds. The van der Waals surface area contributed by atoms with Crippen molar-refractivity contribution in [1.29, 1.82) is 0 Å². The molecule has 0 saturated carbocycles. The van der Waals surface area contributed by atoms with Gasteiger partial charge in [-0.1, -0.05) is 44.2 Å². The molecule has 1 aliphatic rings. The average Bonchev–Trinajstić information content (AvgIpc) is 2.55. The highest BCUT2D eigenvalue weighted by Gasteiger charge is 2.30. The monoisotopic (exact) mass is 334 g/mol. The third-order valence-electron chi connectivity index (χ3n) is 4.01. The van der Waals surface area contributed by atoms with Gasteiger partial charge in [-0.3, -0.25) is 9.69 Å². The predicted octanol–water partition coefficient (Wildman–Crippen LogP) is 1.50. The molecule has 2 rings (SSSR count). The number of carbonyl (C=O) groups excluding carboxylic acids is 1. The summed E-state index contributed by atoms with van der Waals surface area (Å²) in [7, 11) is 0. The first-order valence-electron chi connectivity index (χ1n) is 8.36. The summed E-state index contributed by atoms with van der Waals surface area (Å²) >= 11 is 0. The number of nitrogens with one attached hydrogen (secondary N) is 1. The second kappa shape index (κ2) is 8.80. The molecule has 0 bridgehead atoms. The van der Waals surface area contributed by atoms with Crippen LogP contribution in [0.2, 0.25) is 0 Å². The Balaban J connectivity index is 1.90. The number of carbonyl (C=O) groups is 2. The van der Waals surface area contributed by atoms with E-state index in [4.69, 9.17) is 4.74 Å². The lowest BCUT2D eigenvalue weighted by Gasteiger charge is -2.32. The SMILES string of the molecule is CC(C)C[C@H](NC(=O)[C@H]1CN(Cc2ccccc2)CCO1)C(=O)O. The lowest BCUT2D eigenvalue weighted by molar-refractivity contribution is -0.147. The fourth-order valence-corrected chi connectivity index (χ4v) is 2.80. The van der Waals surface area contributed by atoms with E-state index in [0.717, 1.165) is 13.1 Å². The first kappa shape index (κ1) is 18.4. The Labute approximate surface area is 142 Å². The summed E-state index contributed by atoms with van der Waals surface area (Å²) in [6, 6.07) is 9.18. The second-order valence-corrected chi connectivity index (χ2v) is 6.61. The van der Waals surface area contributed by atoms with Crippen molar-refractivity contribution < 1.29 is 19.4 Å². The van der Waals surface area contributed by atoms with Crippen molar-refractivity contribution in [2.75, 3.05) is 19.7 Å². The summed E-state index contributed by atoms with van der Waals surface area (Å²) in [6.45, 7) is 6.30. The van der Waals surface area contributed by atoms with Crippen LogP contribution in [0.3, 0.4) is 0 Å². The Morgan fingerprint density at radius 2 is 2.04 bits per heavy atom. The van der Waals surface area contributed by atoms with E-state index in [-0.39, 0.29) is 11.8 Å². The number of morpholine rings is 1. The van der Waals surface area contributed by atoms with Gasteiger partial charge in [0.15, 0.2) is 0 Å². The smallest absolute Gasteiger partial charge is 0.326 e.